The molecule has 8 heteroatoms. The van der Waals surface area contributed by atoms with Crippen molar-refractivity contribution in [1.29, 1.82) is 0 Å². The van der Waals surface area contributed by atoms with E-state index in [1.165, 1.54) is 0 Å². The molecule has 0 aromatic heterocycles. The number of carboxylic acid groups (broad SMARTS) is 1. The fourth-order valence-corrected chi connectivity index (χ4v) is 1.89. The fourth-order valence-electron chi connectivity index (χ4n) is 1.89. The van der Waals surface area contributed by atoms with Crippen LogP contribution in [0.1, 0.15) is 13.8 Å². The molecule has 2 fully saturated rings. The van der Waals surface area contributed by atoms with Crippen LogP contribution >= 0.6 is 0 Å². The highest BCUT2D eigenvalue weighted by atomic mass is 19.4. The first-order valence-corrected chi connectivity index (χ1v) is 4.64. The van der Waals surface area contributed by atoms with E-state index in [4.69, 9.17) is 9.90 Å². The molecule has 2 aliphatic rings. The summed E-state index contributed by atoms with van der Waals surface area (Å²) in [5, 5.41) is 9.42. The quantitative estimate of drug-likeness (QED) is 0.617. The molecule has 96 valence electrons. The molecule has 0 radical (unpaired) electrons. The van der Waals surface area contributed by atoms with Crippen molar-refractivity contribution in [3.63, 3.8) is 0 Å². The number of alkyl halides is 3. The second kappa shape index (κ2) is 3.71. The van der Waals surface area contributed by atoms with Crippen LogP contribution in [0.2, 0.25) is 0 Å². The van der Waals surface area contributed by atoms with Gasteiger partial charge in [0.05, 0.1) is 11.8 Å². The minimum Gasteiger partial charge on any atom is -0.475 e. The fraction of sp³-hybridized carbons (Fsp3) is 0.667. The Hall–Kier alpha value is -1.60. The van der Waals surface area contributed by atoms with Gasteiger partial charge in [0.15, 0.2) is 0 Å². The van der Waals surface area contributed by atoms with Crippen LogP contribution in [0.4, 0.5) is 13.2 Å². The standard InChI is InChI=1S/C7H9NO2.C2HF3O2/c1-7(2)3-4(7)6(10)8-5(3)9;3-2(4,5)1(6)7/h3-4H,1-2H3,(H,8,9,10);(H,6,7). The molecule has 0 aromatic rings. The molecule has 2 amide bonds. The van der Waals surface area contributed by atoms with Gasteiger partial charge in [0, 0.05) is 0 Å². The number of aliphatic carboxylic acids is 1. The first-order chi connectivity index (χ1) is 7.49. The van der Waals surface area contributed by atoms with E-state index in [0.717, 1.165) is 0 Å². The van der Waals surface area contributed by atoms with Gasteiger partial charge in [-0.15, -0.1) is 0 Å². The molecule has 1 saturated carbocycles. The molecule has 5 nitrogen and oxygen atoms in total. The molecule has 1 saturated heterocycles. The maximum absolute atomic E-state index is 10.9. The van der Waals surface area contributed by atoms with Crippen LogP contribution < -0.4 is 5.32 Å². The van der Waals surface area contributed by atoms with Crippen LogP contribution in [-0.4, -0.2) is 29.1 Å². The SMILES string of the molecule is CC1(C)C2C(=O)NC(=O)C21.O=C(O)C(F)(F)F. The molecule has 17 heavy (non-hydrogen) atoms. The zero-order chi connectivity index (χ0) is 13.6. The van der Waals surface area contributed by atoms with Gasteiger partial charge in [0.1, 0.15) is 0 Å². The lowest BCUT2D eigenvalue weighted by molar-refractivity contribution is -0.192. The zero-order valence-electron chi connectivity index (χ0n) is 8.96. The third-order valence-electron chi connectivity index (χ3n) is 2.88. The number of piperidine rings is 1. The summed E-state index contributed by atoms with van der Waals surface area (Å²) < 4.78 is 31.7. The number of carboxylic acids is 1. The van der Waals surface area contributed by atoms with Crippen molar-refractivity contribution in [2.45, 2.75) is 20.0 Å². The summed E-state index contributed by atoms with van der Waals surface area (Å²) in [6.07, 6.45) is -5.08. The van der Waals surface area contributed by atoms with Crippen LogP contribution in [0.15, 0.2) is 0 Å². The highest BCUT2D eigenvalue weighted by Crippen LogP contribution is 2.60. The summed E-state index contributed by atoms with van der Waals surface area (Å²) in [7, 11) is 0. The van der Waals surface area contributed by atoms with Crippen molar-refractivity contribution in [2.24, 2.45) is 17.3 Å². The minimum atomic E-state index is -5.08. The normalized spacial score (nSPS) is 28.8. The monoisotopic (exact) mass is 253 g/mol. The number of nitrogens with one attached hydrogen (secondary N) is 1. The van der Waals surface area contributed by atoms with Crippen molar-refractivity contribution in [2.75, 3.05) is 0 Å². The molecule has 2 N–H and O–H groups in total. The Balaban J connectivity index is 0.000000185. The molecule has 0 bridgehead atoms. The zero-order valence-corrected chi connectivity index (χ0v) is 8.96. The largest absolute Gasteiger partial charge is 0.490 e. The molecule has 0 aromatic carbocycles. The van der Waals surface area contributed by atoms with Gasteiger partial charge >= 0.3 is 12.1 Å². The van der Waals surface area contributed by atoms with E-state index in [2.05, 4.69) is 5.32 Å². The number of amides is 2. The average Bonchev–Trinajstić information content (AvgIpc) is 2.52. The van der Waals surface area contributed by atoms with Crippen molar-refractivity contribution in [1.82, 2.24) is 5.32 Å². The predicted molar refractivity (Wildman–Crippen MR) is 47.6 cm³/mol. The van der Waals surface area contributed by atoms with Gasteiger partial charge in [-0.25, -0.2) is 4.79 Å². The van der Waals surface area contributed by atoms with Gasteiger partial charge in [-0.2, -0.15) is 13.2 Å². The van der Waals surface area contributed by atoms with Crippen molar-refractivity contribution in [3.8, 4) is 0 Å². The van der Waals surface area contributed by atoms with Crippen LogP contribution in [-0.2, 0) is 14.4 Å². The smallest absolute Gasteiger partial charge is 0.475 e. The summed E-state index contributed by atoms with van der Waals surface area (Å²) in [5.41, 5.74) is -0.0561. The molecule has 1 aliphatic carbocycles. The van der Waals surface area contributed by atoms with Gasteiger partial charge in [-0.1, -0.05) is 13.8 Å². The number of halogens is 3. The summed E-state index contributed by atoms with van der Waals surface area (Å²) in [6, 6.07) is 0. The van der Waals surface area contributed by atoms with E-state index in [0.29, 0.717) is 0 Å². The van der Waals surface area contributed by atoms with Crippen molar-refractivity contribution < 1.29 is 32.7 Å². The maximum atomic E-state index is 10.9. The van der Waals surface area contributed by atoms with E-state index >= 15 is 0 Å². The van der Waals surface area contributed by atoms with Crippen LogP contribution in [0, 0.1) is 17.3 Å². The summed E-state index contributed by atoms with van der Waals surface area (Å²) in [6.45, 7) is 3.91. The lowest BCUT2D eigenvalue weighted by atomic mass is 10.1. The number of hydrogen-bond acceptors (Lipinski definition) is 3. The van der Waals surface area contributed by atoms with Gasteiger partial charge < -0.3 is 5.11 Å². The summed E-state index contributed by atoms with van der Waals surface area (Å²) in [5.74, 6) is -2.98. The number of fused-ring (bicyclic) bond motifs is 1. The predicted octanol–water partition coefficient (Wildman–Crippen LogP) is 0.548. The Morgan fingerprint density at radius 2 is 1.53 bits per heavy atom. The van der Waals surface area contributed by atoms with Gasteiger partial charge in [-0.3, -0.25) is 14.9 Å². The van der Waals surface area contributed by atoms with Gasteiger partial charge in [-0.05, 0) is 5.41 Å². The average molecular weight is 253 g/mol. The first kappa shape index (κ1) is 13.5. The number of rotatable bonds is 0. The second-order valence-corrected chi connectivity index (χ2v) is 4.43. The molecule has 2 atom stereocenters. The van der Waals surface area contributed by atoms with Gasteiger partial charge in [0.25, 0.3) is 0 Å². The number of carbonyl (C=O) groups excluding carboxylic acids is 2. The Labute approximate surface area is 94.0 Å². The Kier molecular flexibility index (Phi) is 2.94. The van der Waals surface area contributed by atoms with Gasteiger partial charge in [0.2, 0.25) is 11.8 Å². The van der Waals surface area contributed by atoms with Crippen LogP contribution in [0.25, 0.3) is 0 Å². The molecular formula is C9H10F3NO4. The third-order valence-corrected chi connectivity index (χ3v) is 2.88. The number of carbonyl (C=O) groups is 3. The van der Waals surface area contributed by atoms with Crippen LogP contribution in [0.5, 0.6) is 0 Å². The van der Waals surface area contributed by atoms with E-state index in [9.17, 15) is 22.8 Å². The van der Waals surface area contributed by atoms with E-state index in [-0.39, 0.29) is 29.1 Å². The van der Waals surface area contributed by atoms with Crippen LogP contribution in [0.3, 0.4) is 0 Å². The summed E-state index contributed by atoms with van der Waals surface area (Å²) in [4.78, 5) is 30.7. The van der Waals surface area contributed by atoms with E-state index in [1.807, 2.05) is 13.8 Å². The van der Waals surface area contributed by atoms with E-state index in [1.54, 1.807) is 0 Å². The topological polar surface area (TPSA) is 83.5 Å². The summed E-state index contributed by atoms with van der Waals surface area (Å²) >= 11 is 0. The molecule has 0 spiro atoms. The maximum Gasteiger partial charge on any atom is 0.490 e. The Morgan fingerprint density at radius 1 is 1.24 bits per heavy atom. The molecule has 1 heterocycles. The molecule has 2 unspecified atom stereocenters. The van der Waals surface area contributed by atoms with Crippen molar-refractivity contribution in [3.05, 3.63) is 0 Å². The molecule has 1 aliphatic heterocycles. The Bertz CT molecular complexity index is 366. The Morgan fingerprint density at radius 3 is 1.65 bits per heavy atom. The first-order valence-electron chi connectivity index (χ1n) is 4.64. The highest BCUT2D eigenvalue weighted by molar-refractivity contribution is 6.10. The number of hydrogen-bond donors (Lipinski definition) is 2. The number of imide groups is 1. The highest BCUT2D eigenvalue weighted by Gasteiger charge is 2.69. The third kappa shape index (κ3) is 2.40. The lowest BCUT2D eigenvalue weighted by Gasteiger charge is -2.05. The molecular weight excluding hydrogens is 243 g/mol. The van der Waals surface area contributed by atoms with E-state index < -0.39 is 12.1 Å². The minimum absolute atomic E-state index is 0.0278. The second-order valence-electron chi connectivity index (χ2n) is 4.43. The van der Waals surface area contributed by atoms with Crippen molar-refractivity contribution >= 4 is 17.8 Å². The molecule has 2 rings (SSSR count). The lowest BCUT2D eigenvalue weighted by Crippen LogP contribution is -2.29.